The van der Waals surface area contributed by atoms with Gasteiger partial charge in [0, 0.05) is 24.5 Å². The van der Waals surface area contributed by atoms with Gasteiger partial charge in [0.2, 0.25) is 5.91 Å². The third kappa shape index (κ3) is 3.93. The molecule has 1 saturated heterocycles. The summed E-state index contributed by atoms with van der Waals surface area (Å²) in [5.41, 5.74) is -0.386. The van der Waals surface area contributed by atoms with Gasteiger partial charge in [-0.3, -0.25) is 9.59 Å². The lowest BCUT2D eigenvalue weighted by Crippen LogP contribution is -2.40. The van der Waals surface area contributed by atoms with Gasteiger partial charge in [-0.2, -0.15) is 0 Å². The van der Waals surface area contributed by atoms with Gasteiger partial charge in [0.05, 0.1) is 6.54 Å². The minimum absolute atomic E-state index is 0.0131. The molecule has 16 heavy (non-hydrogen) atoms. The van der Waals surface area contributed by atoms with E-state index >= 15 is 0 Å². The molecule has 0 aromatic rings. The van der Waals surface area contributed by atoms with Crippen LogP contribution in [-0.4, -0.2) is 31.4 Å². The zero-order valence-corrected chi connectivity index (χ0v) is 10.3. The number of hydrogen-bond donors (Lipinski definition) is 1. The maximum atomic E-state index is 11.7. The Morgan fingerprint density at radius 3 is 2.31 bits per heavy atom. The number of rotatable bonds is 3. The molecule has 4 nitrogen and oxygen atoms in total. The van der Waals surface area contributed by atoms with Gasteiger partial charge in [0.1, 0.15) is 0 Å². The van der Waals surface area contributed by atoms with E-state index in [1.807, 2.05) is 20.8 Å². The van der Waals surface area contributed by atoms with Gasteiger partial charge in [-0.25, -0.2) is 0 Å². The van der Waals surface area contributed by atoms with Crippen LogP contribution in [0.25, 0.3) is 0 Å². The fourth-order valence-corrected chi connectivity index (χ4v) is 1.54. The van der Waals surface area contributed by atoms with E-state index in [1.165, 1.54) is 0 Å². The predicted molar refractivity (Wildman–Crippen MR) is 61.0 cm³/mol. The van der Waals surface area contributed by atoms with Crippen molar-refractivity contribution in [2.45, 2.75) is 33.6 Å². The molecule has 0 saturated carbocycles. The number of nitrogens with one attached hydrogen (secondary N) is 1. The number of Topliss-reactive ketones (excluding diaryl/α,β-unsaturated/α-hetero) is 1. The molecule has 1 aliphatic heterocycles. The Hall–Kier alpha value is -0.900. The summed E-state index contributed by atoms with van der Waals surface area (Å²) in [6.07, 6.45) is 1.52. The average molecular weight is 227 g/mol. The lowest BCUT2D eigenvalue weighted by Gasteiger charge is -2.22. The van der Waals surface area contributed by atoms with Crippen LogP contribution in [0.4, 0.5) is 0 Å². The van der Waals surface area contributed by atoms with Crippen LogP contribution < -0.4 is 5.32 Å². The lowest BCUT2D eigenvalue weighted by atomic mass is 9.90. The van der Waals surface area contributed by atoms with Crippen molar-refractivity contribution in [3.63, 3.8) is 0 Å². The van der Waals surface area contributed by atoms with Crippen molar-refractivity contribution in [3.8, 4) is 0 Å². The highest BCUT2D eigenvalue weighted by atomic mass is 16.5. The van der Waals surface area contributed by atoms with Crippen LogP contribution in [0, 0.1) is 11.3 Å². The third-order valence-corrected chi connectivity index (χ3v) is 2.85. The normalized spacial score (nSPS) is 18.2. The van der Waals surface area contributed by atoms with Crippen LogP contribution in [0.1, 0.15) is 33.6 Å². The number of carbonyl (C=O) groups excluding carboxylic acids is 2. The third-order valence-electron chi connectivity index (χ3n) is 2.85. The van der Waals surface area contributed by atoms with E-state index in [9.17, 15) is 9.59 Å². The van der Waals surface area contributed by atoms with E-state index in [0.717, 1.165) is 12.8 Å². The van der Waals surface area contributed by atoms with Gasteiger partial charge in [0.15, 0.2) is 5.78 Å². The second-order valence-electron chi connectivity index (χ2n) is 5.28. The number of ether oxygens (including phenoxy) is 1. The van der Waals surface area contributed by atoms with Gasteiger partial charge >= 0.3 is 0 Å². The van der Waals surface area contributed by atoms with Crippen LogP contribution in [0.3, 0.4) is 0 Å². The smallest absolute Gasteiger partial charge is 0.223 e. The van der Waals surface area contributed by atoms with E-state index in [0.29, 0.717) is 13.2 Å². The minimum Gasteiger partial charge on any atom is -0.381 e. The zero-order valence-electron chi connectivity index (χ0n) is 10.3. The average Bonchev–Trinajstić information content (AvgIpc) is 2.25. The van der Waals surface area contributed by atoms with Crippen molar-refractivity contribution in [2.24, 2.45) is 11.3 Å². The molecule has 1 fully saturated rings. The predicted octanol–water partition coefficient (Wildman–Crippen LogP) is 1.14. The highest BCUT2D eigenvalue weighted by Gasteiger charge is 2.25. The summed E-state index contributed by atoms with van der Waals surface area (Å²) in [6, 6.07) is 0. The topological polar surface area (TPSA) is 55.4 Å². The van der Waals surface area contributed by atoms with Gasteiger partial charge in [0.25, 0.3) is 0 Å². The fourth-order valence-electron chi connectivity index (χ4n) is 1.54. The molecule has 1 heterocycles. The van der Waals surface area contributed by atoms with Crippen molar-refractivity contribution >= 4 is 11.7 Å². The molecule has 4 heteroatoms. The first-order valence-electron chi connectivity index (χ1n) is 5.80. The van der Waals surface area contributed by atoms with E-state index < -0.39 is 0 Å². The molecule has 0 radical (unpaired) electrons. The fraction of sp³-hybridized carbons (Fsp3) is 0.833. The van der Waals surface area contributed by atoms with Crippen molar-refractivity contribution in [3.05, 3.63) is 0 Å². The molecule has 1 aliphatic rings. The molecule has 0 unspecified atom stereocenters. The summed E-state index contributed by atoms with van der Waals surface area (Å²) in [5, 5.41) is 2.71. The number of carbonyl (C=O) groups is 2. The summed E-state index contributed by atoms with van der Waals surface area (Å²) in [5.74, 6) is 0.0651. The van der Waals surface area contributed by atoms with Crippen LogP contribution in [0.2, 0.25) is 0 Å². The first kappa shape index (κ1) is 13.2. The highest BCUT2D eigenvalue weighted by molar-refractivity contribution is 5.89. The number of ketones is 1. The van der Waals surface area contributed by atoms with E-state index in [-0.39, 0.29) is 29.6 Å². The Bertz CT molecular complexity index is 262. The van der Waals surface area contributed by atoms with Crippen LogP contribution in [0.15, 0.2) is 0 Å². The first-order valence-corrected chi connectivity index (χ1v) is 5.80. The van der Waals surface area contributed by atoms with E-state index in [2.05, 4.69) is 5.32 Å². The molecule has 0 aliphatic carbocycles. The Morgan fingerprint density at radius 2 is 1.81 bits per heavy atom. The number of hydrogen-bond acceptors (Lipinski definition) is 3. The molecule has 0 aromatic carbocycles. The van der Waals surface area contributed by atoms with Crippen LogP contribution >= 0.6 is 0 Å². The van der Waals surface area contributed by atoms with Gasteiger partial charge in [-0.15, -0.1) is 0 Å². The zero-order chi connectivity index (χ0) is 12.2. The summed E-state index contributed by atoms with van der Waals surface area (Å²) >= 11 is 0. The SMILES string of the molecule is CC(C)(C)C(=O)CNC(=O)C1CCOCC1. The standard InChI is InChI=1S/C12H21NO3/c1-12(2,3)10(14)8-13-11(15)9-4-6-16-7-5-9/h9H,4-8H2,1-3H3,(H,13,15). The monoisotopic (exact) mass is 227 g/mol. The molecule has 0 atom stereocenters. The van der Waals surface area contributed by atoms with Crippen LogP contribution in [-0.2, 0) is 14.3 Å². The van der Waals surface area contributed by atoms with Gasteiger partial charge in [-0.1, -0.05) is 20.8 Å². The van der Waals surface area contributed by atoms with E-state index in [1.54, 1.807) is 0 Å². The molecule has 1 N–H and O–H groups in total. The molecule has 92 valence electrons. The van der Waals surface area contributed by atoms with Crippen molar-refractivity contribution in [1.82, 2.24) is 5.32 Å². The molecular formula is C12H21NO3. The molecule has 0 aromatic heterocycles. The van der Waals surface area contributed by atoms with Gasteiger partial charge in [-0.05, 0) is 12.8 Å². The Kier molecular flexibility index (Phi) is 4.47. The molecule has 1 amide bonds. The van der Waals surface area contributed by atoms with Gasteiger partial charge < -0.3 is 10.1 Å². The summed E-state index contributed by atoms with van der Waals surface area (Å²) in [7, 11) is 0. The van der Waals surface area contributed by atoms with Crippen LogP contribution in [0.5, 0.6) is 0 Å². The highest BCUT2D eigenvalue weighted by Crippen LogP contribution is 2.16. The molecule has 0 spiro atoms. The second kappa shape index (κ2) is 5.43. The summed E-state index contributed by atoms with van der Waals surface area (Å²) < 4.78 is 5.18. The Balaban J connectivity index is 2.32. The molecule has 0 bridgehead atoms. The maximum Gasteiger partial charge on any atom is 0.223 e. The van der Waals surface area contributed by atoms with Crippen molar-refractivity contribution < 1.29 is 14.3 Å². The largest absolute Gasteiger partial charge is 0.381 e. The second-order valence-corrected chi connectivity index (χ2v) is 5.28. The number of amides is 1. The first-order chi connectivity index (χ1) is 7.41. The van der Waals surface area contributed by atoms with E-state index in [4.69, 9.17) is 4.74 Å². The maximum absolute atomic E-state index is 11.7. The Morgan fingerprint density at radius 1 is 1.25 bits per heavy atom. The Labute approximate surface area is 96.7 Å². The molecular weight excluding hydrogens is 206 g/mol. The quantitative estimate of drug-likeness (QED) is 0.786. The lowest BCUT2D eigenvalue weighted by molar-refractivity contribution is -0.132. The molecule has 1 rings (SSSR count). The minimum atomic E-state index is -0.386. The van der Waals surface area contributed by atoms with Crippen molar-refractivity contribution in [2.75, 3.05) is 19.8 Å². The van der Waals surface area contributed by atoms with Crippen molar-refractivity contribution in [1.29, 1.82) is 0 Å². The summed E-state index contributed by atoms with van der Waals surface area (Å²) in [4.78, 5) is 23.3. The summed E-state index contributed by atoms with van der Waals surface area (Å²) in [6.45, 7) is 7.00.